The van der Waals surface area contributed by atoms with E-state index in [1.807, 2.05) is 26.0 Å². The van der Waals surface area contributed by atoms with Crippen molar-refractivity contribution in [2.75, 3.05) is 6.61 Å². The Labute approximate surface area is 114 Å². The summed E-state index contributed by atoms with van der Waals surface area (Å²) in [6.45, 7) is 5.21. The molecule has 0 unspecified atom stereocenters. The van der Waals surface area contributed by atoms with Gasteiger partial charge in [-0.3, -0.25) is 4.98 Å². The van der Waals surface area contributed by atoms with Crippen LogP contribution in [0.25, 0.3) is 0 Å². The van der Waals surface area contributed by atoms with Crippen LogP contribution < -0.4 is 10.1 Å². The molecule has 0 aromatic carbocycles. The maximum atomic E-state index is 8.91. The molecule has 102 valence electrons. The summed E-state index contributed by atoms with van der Waals surface area (Å²) in [5, 5.41) is 12.3. The van der Waals surface area contributed by atoms with Gasteiger partial charge >= 0.3 is 0 Å². The van der Waals surface area contributed by atoms with Gasteiger partial charge in [0, 0.05) is 12.6 Å². The smallest absolute Gasteiger partial charge is 0.137 e. The van der Waals surface area contributed by atoms with E-state index in [1.54, 1.807) is 6.20 Å². The Morgan fingerprint density at radius 2 is 2.26 bits per heavy atom. The van der Waals surface area contributed by atoms with Crippen LogP contribution in [0.3, 0.4) is 0 Å². The van der Waals surface area contributed by atoms with E-state index in [2.05, 4.69) is 16.4 Å². The summed E-state index contributed by atoms with van der Waals surface area (Å²) in [6, 6.07) is 6.89. The zero-order valence-electron chi connectivity index (χ0n) is 11.6. The quantitative estimate of drug-likeness (QED) is 0.818. The Kier molecular flexibility index (Phi) is 4.39. The van der Waals surface area contributed by atoms with Crippen molar-refractivity contribution in [3.8, 4) is 11.8 Å². The van der Waals surface area contributed by atoms with Crippen molar-refractivity contribution in [1.82, 2.24) is 10.3 Å². The lowest BCUT2D eigenvalue weighted by Crippen LogP contribution is -2.16. The SMILES string of the molecule is CC(C)(C#N)CCOc1ccc(CNC2CC2)nc1. The first-order valence-corrected chi connectivity index (χ1v) is 6.81. The van der Waals surface area contributed by atoms with E-state index >= 15 is 0 Å². The zero-order chi connectivity index (χ0) is 13.7. The Morgan fingerprint density at radius 3 is 2.84 bits per heavy atom. The molecule has 0 radical (unpaired) electrons. The van der Waals surface area contributed by atoms with Gasteiger partial charge in [0.25, 0.3) is 0 Å². The third-order valence-corrected chi connectivity index (χ3v) is 3.25. The van der Waals surface area contributed by atoms with Crippen molar-refractivity contribution in [2.45, 2.75) is 45.7 Å². The highest BCUT2D eigenvalue weighted by Gasteiger charge is 2.20. The van der Waals surface area contributed by atoms with Crippen LogP contribution in [0.1, 0.15) is 38.8 Å². The van der Waals surface area contributed by atoms with Crippen LogP contribution in [-0.2, 0) is 6.54 Å². The van der Waals surface area contributed by atoms with Crippen LogP contribution in [0.2, 0.25) is 0 Å². The van der Waals surface area contributed by atoms with Crippen LogP contribution in [-0.4, -0.2) is 17.6 Å². The molecule has 1 aromatic rings. The zero-order valence-corrected chi connectivity index (χ0v) is 11.6. The van der Waals surface area contributed by atoms with Crippen molar-refractivity contribution in [3.05, 3.63) is 24.0 Å². The molecule has 1 saturated carbocycles. The molecule has 2 rings (SSSR count). The fraction of sp³-hybridized carbons (Fsp3) is 0.600. The second-order valence-corrected chi connectivity index (χ2v) is 5.73. The minimum absolute atomic E-state index is 0.332. The number of hydrogen-bond acceptors (Lipinski definition) is 4. The second-order valence-electron chi connectivity index (χ2n) is 5.73. The molecule has 1 fully saturated rings. The van der Waals surface area contributed by atoms with E-state index in [0.29, 0.717) is 19.1 Å². The van der Waals surface area contributed by atoms with Crippen LogP contribution in [0.5, 0.6) is 5.75 Å². The number of ether oxygens (including phenoxy) is 1. The summed E-state index contributed by atoms with van der Waals surface area (Å²) in [7, 11) is 0. The van der Waals surface area contributed by atoms with Crippen molar-refractivity contribution >= 4 is 0 Å². The lowest BCUT2D eigenvalue weighted by Gasteiger charge is -2.15. The van der Waals surface area contributed by atoms with Gasteiger partial charge in [-0.2, -0.15) is 5.26 Å². The highest BCUT2D eigenvalue weighted by molar-refractivity contribution is 5.20. The molecule has 0 saturated heterocycles. The van der Waals surface area contributed by atoms with Gasteiger partial charge in [-0.15, -0.1) is 0 Å². The third-order valence-electron chi connectivity index (χ3n) is 3.25. The molecule has 0 bridgehead atoms. The molecule has 1 aliphatic carbocycles. The third kappa shape index (κ3) is 4.88. The number of rotatable bonds is 7. The molecule has 1 aromatic heterocycles. The highest BCUT2D eigenvalue weighted by atomic mass is 16.5. The van der Waals surface area contributed by atoms with Gasteiger partial charge in [0.15, 0.2) is 0 Å². The summed E-state index contributed by atoms with van der Waals surface area (Å²) in [5.41, 5.74) is 0.707. The van der Waals surface area contributed by atoms with E-state index in [1.165, 1.54) is 12.8 Å². The average Bonchev–Trinajstić information content (AvgIpc) is 3.22. The van der Waals surface area contributed by atoms with Gasteiger partial charge in [-0.25, -0.2) is 0 Å². The normalized spacial score (nSPS) is 15.0. The molecular formula is C15H21N3O. The van der Waals surface area contributed by atoms with Crippen molar-refractivity contribution < 1.29 is 4.74 Å². The molecule has 1 heterocycles. The van der Waals surface area contributed by atoms with E-state index in [4.69, 9.17) is 10.00 Å². The summed E-state index contributed by atoms with van der Waals surface area (Å²) >= 11 is 0. The fourth-order valence-corrected chi connectivity index (χ4v) is 1.62. The van der Waals surface area contributed by atoms with Crippen LogP contribution in [0, 0.1) is 16.7 Å². The standard InChI is InChI=1S/C15H21N3O/c1-15(2,11-16)7-8-19-14-6-5-13(18-10-14)9-17-12-3-4-12/h5-6,10,12,17H,3-4,7-9H2,1-2H3. The minimum Gasteiger partial charge on any atom is -0.492 e. The Bertz CT molecular complexity index is 443. The molecule has 0 atom stereocenters. The Hall–Kier alpha value is -1.60. The average molecular weight is 259 g/mol. The predicted octanol–water partition coefficient (Wildman–Crippen LogP) is 2.65. The Balaban J connectivity index is 1.73. The largest absolute Gasteiger partial charge is 0.492 e. The fourth-order valence-electron chi connectivity index (χ4n) is 1.62. The monoisotopic (exact) mass is 259 g/mol. The van der Waals surface area contributed by atoms with Gasteiger partial charge in [-0.05, 0) is 45.2 Å². The molecule has 0 aliphatic heterocycles. The number of hydrogen-bond donors (Lipinski definition) is 1. The first kappa shape index (κ1) is 13.8. The van der Waals surface area contributed by atoms with Crippen LogP contribution in [0.4, 0.5) is 0 Å². The molecule has 1 aliphatic rings. The van der Waals surface area contributed by atoms with Gasteiger partial charge in [-0.1, -0.05) is 0 Å². The number of aromatic nitrogens is 1. The molecule has 4 heteroatoms. The summed E-state index contributed by atoms with van der Waals surface area (Å²) in [5.74, 6) is 0.768. The first-order valence-electron chi connectivity index (χ1n) is 6.81. The summed E-state index contributed by atoms with van der Waals surface area (Å²) in [4.78, 5) is 4.36. The van der Waals surface area contributed by atoms with Crippen molar-refractivity contribution in [1.29, 1.82) is 5.26 Å². The van der Waals surface area contributed by atoms with Crippen molar-refractivity contribution in [2.24, 2.45) is 5.41 Å². The lowest BCUT2D eigenvalue weighted by atomic mass is 9.92. The second kappa shape index (κ2) is 6.03. The summed E-state index contributed by atoms with van der Waals surface area (Å²) < 4.78 is 5.60. The molecular weight excluding hydrogens is 238 g/mol. The maximum absolute atomic E-state index is 8.91. The van der Waals surface area contributed by atoms with E-state index < -0.39 is 0 Å². The first-order chi connectivity index (χ1) is 9.09. The lowest BCUT2D eigenvalue weighted by molar-refractivity contribution is 0.263. The predicted molar refractivity (Wildman–Crippen MR) is 73.6 cm³/mol. The maximum Gasteiger partial charge on any atom is 0.137 e. The van der Waals surface area contributed by atoms with E-state index in [0.717, 1.165) is 18.0 Å². The summed E-state index contributed by atoms with van der Waals surface area (Å²) in [6.07, 6.45) is 5.05. The molecule has 0 spiro atoms. The van der Waals surface area contributed by atoms with E-state index in [-0.39, 0.29) is 5.41 Å². The molecule has 0 amide bonds. The number of pyridine rings is 1. The van der Waals surface area contributed by atoms with E-state index in [9.17, 15) is 0 Å². The molecule has 19 heavy (non-hydrogen) atoms. The van der Waals surface area contributed by atoms with Crippen molar-refractivity contribution in [3.63, 3.8) is 0 Å². The van der Waals surface area contributed by atoms with Gasteiger partial charge in [0.05, 0.1) is 30.0 Å². The number of nitrogens with one attached hydrogen (secondary N) is 1. The van der Waals surface area contributed by atoms with Gasteiger partial charge < -0.3 is 10.1 Å². The molecule has 4 nitrogen and oxygen atoms in total. The Morgan fingerprint density at radius 1 is 1.47 bits per heavy atom. The highest BCUT2D eigenvalue weighted by Crippen LogP contribution is 2.20. The number of nitrogens with zero attached hydrogens (tertiary/aromatic N) is 2. The topological polar surface area (TPSA) is 57.9 Å². The molecule has 1 N–H and O–H groups in total. The van der Waals surface area contributed by atoms with Crippen LogP contribution in [0.15, 0.2) is 18.3 Å². The van der Waals surface area contributed by atoms with Gasteiger partial charge in [0.2, 0.25) is 0 Å². The van der Waals surface area contributed by atoms with Gasteiger partial charge in [0.1, 0.15) is 5.75 Å². The minimum atomic E-state index is -0.332. The number of nitriles is 1. The van der Waals surface area contributed by atoms with Crippen LogP contribution >= 0.6 is 0 Å².